The minimum absolute atomic E-state index is 0.624. The molecule has 0 aromatic heterocycles. The van der Waals surface area contributed by atoms with E-state index in [2.05, 4.69) is 31.6 Å². The summed E-state index contributed by atoms with van der Waals surface area (Å²) in [6.07, 6.45) is 3.63. The molecule has 0 unspecified atom stereocenters. The summed E-state index contributed by atoms with van der Waals surface area (Å²) in [6.45, 7) is 3.16. The van der Waals surface area contributed by atoms with Crippen LogP contribution in [0.5, 0.6) is 11.5 Å². The minimum atomic E-state index is 0.624. The predicted molar refractivity (Wildman–Crippen MR) is 104 cm³/mol. The van der Waals surface area contributed by atoms with Gasteiger partial charge in [0.1, 0.15) is 0 Å². The van der Waals surface area contributed by atoms with Gasteiger partial charge in [0.25, 0.3) is 0 Å². The quantitative estimate of drug-likeness (QED) is 0.350. The van der Waals surface area contributed by atoms with Gasteiger partial charge in [0.05, 0.1) is 14.2 Å². The van der Waals surface area contributed by atoms with Crippen LogP contribution in [-0.2, 0) is 11.3 Å². The normalized spacial score (nSPS) is 14.3. The lowest BCUT2D eigenvalue weighted by Gasteiger charge is -2.15. The molecule has 25 heavy (non-hydrogen) atoms. The van der Waals surface area contributed by atoms with Crippen LogP contribution in [0.4, 0.5) is 0 Å². The second-order valence-electron chi connectivity index (χ2n) is 6.02. The molecule has 1 aliphatic rings. The molecule has 0 spiro atoms. The van der Waals surface area contributed by atoms with E-state index in [4.69, 9.17) is 14.2 Å². The SMILES string of the molecule is CN=C(NCCCOCC1CC1)NCc1cc(OC)c(OC)cc1Br. The first-order chi connectivity index (χ1) is 12.2. The molecule has 1 aromatic rings. The molecule has 0 aliphatic heterocycles. The fourth-order valence-electron chi connectivity index (χ4n) is 2.35. The third-order valence-corrected chi connectivity index (χ3v) is 4.77. The highest BCUT2D eigenvalue weighted by Crippen LogP contribution is 2.33. The Hall–Kier alpha value is -1.47. The Bertz CT molecular complexity index is 577. The van der Waals surface area contributed by atoms with E-state index >= 15 is 0 Å². The summed E-state index contributed by atoms with van der Waals surface area (Å²) in [4.78, 5) is 4.25. The first-order valence-electron chi connectivity index (χ1n) is 8.60. The molecule has 1 aromatic carbocycles. The zero-order chi connectivity index (χ0) is 18.1. The Labute approximate surface area is 158 Å². The summed E-state index contributed by atoms with van der Waals surface area (Å²) in [5.74, 6) is 3.00. The summed E-state index contributed by atoms with van der Waals surface area (Å²) < 4.78 is 17.2. The van der Waals surface area contributed by atoms with Gasteiger partial charge in [-0.1, -0.05) is 15.9 Å². The zero-order valence-electron chi connectivity index (χ0n) is 15.2. The lowest BCUT2D eigenvalue weighted by atomic mass is 10.2. The first-order valence-corrected chi connectivity index (χ1v) is 9.40. The third-order valence-electron chi connectivity index (χ3n) is 4.03. The number of nitrogens with one attached hydrogen (secondary N) is 2. The van der Waals surface area contributed by atoms with Gasteiger partial charge in [0.15, 0.2) is 17.5 Å². The maximum absolute atomic E-state index is 5.63. The number of ether oxygens (including phenoxy) is 3. The number of rotatable bonds is 10. The van der Waals surface area contributed by atoms with Crippen LogP contribution in [-0.4, -0.2) is 47.0 Å². The van der Waals surface area contributed by atoms with E-state index in [0.29, 0.717) is 18.0 Å². The Morgan fingerprint density at radius 3 is 2.56 bits per heavy atom. The molecule has 7 heteroatoms. The van der Waals surface area contributed by atoms with Crippen LogP contribution < -0.4 is 20.1 Å². The Morgan fingerprint density at radius 2 is 1.92 bits per heavy atom. The molecule has 0 saturated heterocycles. The molecule has 0 radical (unpaired) electrons. The average Bonchev–Trinajstić information content (AvgIpc) is 3.45. The predicted octanol–water partition coefficient (Wildman–Crippen LogP) is 2.95. The second kappa shape index (κ2) is 10.5. The number of halogens is 1. The molecule has 140 valence electrons. The van der Waals surface area contributed by atoms with Crippen LogP contribution in [0.25, 0.3) is 0 Å². The van der Waals surface area contributed by atoms with E-state index < -0.39 is 0 Å². The van der Waals surface area contributed by atoms with Gasteiger partial charge in [-0.05, 0) is 42.9 Å². The Morgan fingerprint density at radius 1 is 1.20 bits per heavy atom. The van der Waals surface area contributed by atoms with Crippen LogP contribution in [0, 0.1) is 5.92 Å². The average molecular weight is 414 g/mol. The molecule has 0 bridgehead atoms. The van der Waals surface area contributed by atoms with Crippen molar-refractivity contribution in [3.05, 3.63) is 22.2 Å². The summed E-state index contributed by atoms with van der Waals surface area (Å²) in [5, 5.41) is 6.61. The highest BCUT2D eigenvalue weighted by molar-refractivity contribution is 9.10. The molecule has 1 saturated carbocycles. The van der Waals surface area contributed by atoms with Crippen LogP contribution in [0.2, 0.25) is 0 Å². The third kappa shape index (κ3) is 6.74. The molecule has 2 N–H and O–H groups in total. The molecule has 0 amide bonds. The van der Waals surface area contributed by atoms with Gasteiger partial charge in [-0.3, -0.25) is 4.99 Å². The summed E-state index contributed by atoms with van der Waals surface area (Å²) in [5.41, 5.74) is 1.06. The van der Waals surface area contributed by atoms with Crippen LogP contribution in [0.1, 0.15) is 24.8 Å². The number of hydrogen-bond acceptors (Lipinski definition) is 4. The van der Waals surface area contributed by atoms with E-state index in [9.17, 15) is 0 Å². The molecular formula is C18H28BrN3O3. The summed E-state index contributed by atoms with van der Waals surface area (Å²) in [7, 11) is 5.03. The lowest BCUT2D eigenvalue weighted by molar-refractivity contribution is 0.123. The highest BCUT2D eigenvalue weighted by Gasteiger charge is 2.20. The first kappa shape index (κ1) is 19.8. The zero-order valence-corrected chi connectivity index (χ0v) is 16.8. The molecule has 0 atom stereocenters. The fourth-order valence-corrected chi connectivity index (χ4v) is 2.81. The van der Waals surface area contributed by atoms with E-state index in [1.807, 2.05) is 12.1 Å². The van der Waals surface area contributed by atoms with Crippen molar-refractivity contribution < 1.29 is 14.2 Å². The van der Waals surface area contributed by atoms with Crippen LogP contribution >= 0.6 is 15.9 Å². The van der Waals surface area contributed by atoms with Gasteiger partial charge < -0.3 is 24.8 Å². The topological polar surface area (TPSA) is 64.1 Å². The van der Waals surface area contributed by atoms with Gasteiger partial charge in [-0.2, -0.15) is 0 Å². The number of aliphatic imine (C=N–C) groups is 1. The van der Waals surface area contributed by atoms with Crippen molar-refractivity contribution in [1.82, 2.24) is 10.6 Å². The molecule has 6 nitrogen and oxygen atoms in total. The van der Waals surface area contributed by atoms with Gasteiger partial charge in [-0.25, -0.2) is 0 Å². The van der Waals surface area contributed by atoms with E-state index in [1.165, 1.54) is 12.8 Å². The number of hydrogen-bond donors (Lipinski definition) is 2. The molecule has 0 heterocycles. The minimum Gasteiger partial charge on any atom is -0.493 e. The van der Waals surface area contributed by atoms with Gasteiger partial charge in [0, 0.05) is 37.8 Å². The number of guanidine groups is 1. The second-order valence-corrected chi connectivity index (χ2v) is 6.88. The number of methoxy groups -OCH3 is 2. The van der Waals surface area contributed by atoms with Crippen molar-refractivity contribution in [2.24, 2.45) is 10.9 Å². The Kier molecular flexibility index (Phi) is 8.34. The number of benzene rings is 1. The molecule has 1 aliphatic carbocycles. The van der Waals surface area contributed by atoms with E-state index in [0.717, 1.165) is 48.1 Å². The van der Waals surface area contributed by atoms with E-state index in [-0.39, 0.29) is 0 Å². The van der Waals surface area contributed by atoms with Crippen LogP contribution in [0.3, 0.4) is 0 Å². The van der Waals surface area contributed by atoms with E-state index in [1.54, 1.807) is 21.3 Å². The monoisotopic (exact) mass is 413 g/mol. The van der Waals surface area contributed by atoms with Gasteiger partial charge in [-0.15, -0.1) is 0 Å². The maximum atomic E-state index is 5.63. The molecular weight excluding hydrogens is 386 g/mol. The standard InChI is InChI=1S/C18H28BrN3O3/c1-20-18(21-7-4-8-25-12-13-5-6-13)22-11-14-9-16(23-2)17(24-3)10-15(14)19/h9-10,13H,4-8,11-12H2,1-3H3,(H2,20,21,22). The molecule has 2 rings (SSSR count). The maximum Gasteiger partial charge on any atom is 0.191 e. The summed E-state index contributed by atoms with van der Waals surface area (Å²) >= 11 is 3.57. The number of nitrogens with zero attached hydrogens (tertiary/aromatic N) is 1. The summed E-state index contributed by atoms with van der Waals surface area (Å²) in [6, 6.07) is 3.86. The van der Waals surface area contributed by atoms with Crippen molar-refractivity contribution in [3.8, 4) is 11.5 Å². The van der Waals surface area contributed by atoms with Gasteiger partial charge >= 0.3 is 0 Å². The Balaban J connectivity index is 1.73. The smallest absolute Gasteiger partial charge is 0.191 e. The van der Waals surface area contributed by atoms with Crippen molar-refractivity contribution in [3.63, 3.8) is 0 Å². The van der Waals surface area contributed by atoms with Gasteiger partial charge in [0.2, 0.25) is 0 Å². The highest BCUT2D eigenvalue weighted by atomic mass is 79.9. The largest absolute Gasteiger partial charge is 0.493 e. The van der Waals surface area contributed by atoms with Crippen molar-refractivity contribution in [2.45, 2.75) is 25.8 Å². The van der Waals surface area contributed by atoms with Crippen molar-refractivity contribution in [2.75, 3.05) is 41.0 Å². The molecule has 1 fully saturated rings. The van der Waals surface area contributed by atoms with Crippen molar-refractivity contribution in [1.29, 1.82) is 0 Å². The van der Waals surface area contributed by atoms with Crippen molar-refractivity contribution >= 4 is 21.9 Å². The lowest BCUT2D eigenvalue weighted by Crippen LogP contribution is -2.37. The van der Waals surface area contributed by atoms with Crippen LogP contribution in [0.15, 0.2) is 21.6 Å². The fraction of sp³-hybridized carbons (Fsp3) is 0.611.